The van der Waals surface area contributed by atoms with Crippen molar-refractivity contribution in [3.63, 3.8) is 0 Å². The number of halogens is 2. The zero-order chi connectivity index (χ0) is 19.6. The second kappa shape index (κ2) is 8.29. The fraction of sp³-hybridized carbons (Fsp3) is 0.278. The molecule has 0 radical (unpaired) electrons. The topological polar surface area (TPSA) is 59.7 Å². The molecule has 0 saturated carbocycles. The summed E-state index contributed by atoms with van der Waals surface area (Å²) in [5.74, 6) is 0.644. The number of thiocarbonyl (C=S) groups is 1. The van der Waals surface area contributed by atoms with Crippen LogP contribution in [0.25, 0.3) is 0 Å². The molecular formula is C18H20Cl2N6S. The van der Waals surface area contributed by atoms with E-state index < -0.39 is 0 Å². The van der Waals surface area contributed by atoms with E-state index in [0.29, 0.717) is 27.5 Å². The van der Waals surface area contributed by atoms with E-state index in [1.54, 1.807) is 9.36 Å². The molecule has 2 heterocycles. The van der Waals surface area contributed by atoms with Crippen molar-refractivity contribution in [1.29, 1.82) is 0 Å². The van der Waals surface area contributed by atoms with Crippen LogP contribution in [0.4, 0.5) is 5.82 Å². The number of aryl methyl sites for hydroxylation is 2. The predicted octanol–water partition coefficient (Wildman–Crippen LogP) is 4.33. The number of hydrogen-bond donors (Lipinski definition) is 2. The molecule has 1 aromatic carbocycles. The Kier molecular flexibility index (Phi) is 6.04. The fourth-order valence-corrected chi connectivity index (χ4v) is 3.63. The van der Waals surface area contributed by atoms with Crippen molar-refractivity contribution < 1.29 is 0 Å². The Morgan fingerprint density at radius 3 is 2.56 bits per heavy atom. The minimum atomic E-state index is 0.0303. The third kappa shape index (κ3) is 4.80. The first-order chi connectivity index (χ1) is 12.8. The van der Waals surface area contributed by atoms with Crippen molar-refractivity contribution in [1.82, 2.24) is 24.9 Å². The van der Waals surface area contributed by atoms with Gasteiger partial charge in [0.05, 0.1) is 18.3 Å². The number of nitrogens with one attached hydrogen (secondary N) is 2. The monoisotopic (exact) mass is 422 g/mol. The molecule has 0 aliphatic rings. The van der Waals surface area contributed by atoms with Crippen LogP contribution in [0.2, 0.25) is 10.0 Å². The largest absolute Gasteiger partial charge is 0.356 e. The van der Waals surface area contributed by atoms with Gasteiger partial charge < -0.3 is 10.6 Å². The lowest BCUT2D eigenvalue weighted by Gasteiger charge is -2.15. The van der Waals surface area contributed by atoms with E-state index in [4.69, 9.17) is 35.4 Å². The average Bonchev–Trinajstić information content (AvgIpc) is 3.16. The third-order valence-corrected chi connectivity index (χ3v) is 5.06. The van der Waals surface area contributed by atoms with E-state index in [2.05, 4.69) is 20.8 Å². The maximum absolute atomic E-state index is 6.22. The molecular weight excluding hydrogens is 403 g/mol. The highest BCUT2D eigenvalue weighted by Crippen LogP contribution is 2.25. The second-order valence-electron chi connectivity index (χ2n) is 6.26. The van der Waals surface area contributed by atoms with Crippen LogP contribution in [0.5, 0.6) is 0 Å². The number of anilines is 1. The first-order valence-electron chi connectivity index (χ1n) is 8.37. The van der Waals surface area contributed by atoms with Crippen molar-refractivity contribution in [2.24, 2.45) is 7.05 Å². The maximum Gasteiger partial charge on any atom is 0.172 e. The van der Waals surface area contributed by atoms with Crippen LogP contribution in [0.15, 0.2) is 36.7 Å². The highest BCUT2D eigenvalue weighted by molar-refractivity contribution is 7.80. The van der Waals surface area contributed by atoms with Crippen LogP contribution < -0.4 is 10.6 Å². The lowest BCUT2D eigenvalue weighted by molar-refractivity contribution is 0.688. The van der Waals surface area contributed by atoms with Crippen LogP contribution >= 0.6 is 35.4 Å². The van der Waals surface area contributed by atoms with Gasteiger partial charge in [0.25, 0.3) is 0 Å². The molecule has 3 rings (SSSR count). The Morgan fingerprint density at radius 2 is 1.93 bits per heavy atom. The molecule has 2 aromatic heterocycles. The summed E-state index contributed by atoms with van der Waals surface area (Å²) >= 11 is 17.8. The van der Waals surface area contributed by atoms with Gasteiger partial charge in [0.15, 0.2) is 10.9 Å². The van der Waals surface area contributed by atoms with Gasteiger partial charge in [-0.2, -0.15) is 10.2 Å². The van der Waals surface area contributed by atoms with Crippen LogP contribution in [0.1, 0.15) is 29.8 Å². The summed E-state index contributed by atoms with van der Waals surface area (Å²) in [6, 6.07) is 7.32. The van der Waals surface area contributed by atoms with Gasteiger partial charge in [0.1, 0.15) is 0 Å². The van der Waals surface area contributed by atoms with Crippen LogP contribution in [0, 0.1) is 6.92 Å². The molecule has 0 aliphatic carbocycles. The summed E-state index contributed by atoms with van der Waals surface area (Å²) in [5, 5.41) is 16.9. The van der Waals surface area contributed by atoms with Gasteiger partial charge >= 0.3 is 0 Å². The van der Waals surface area contributed by atoms with Crippen molar-refractivity contribution >= 4 is 46.4 Å². The lowest BCUT2D eigenvalue weighted by Crippen LogP contribution is -2.31. The molecule has 0 amide bonds. The molecule has 9 heteroatoms. The first kappa shape index (κ1) is 19.7. The smallest absolute Gasteiger partial charge is 0.172 e. The second-order valence-corrected chi connectivity index (χ2v) is 7.49. The average molecular weight is 423 g/mol. The van der Waals surface area contributed by atoms with Gasteiger partial charge in [-0.3, -0.25) is 9.36 Å². The highest BCUT2D eigenvalue weighted by atomic mass is 35.5. The molecule has 0 bridgehead atoms. The van der Waals surface area contributed by atoms with Gasteiger partial charge in [0, 0.05) is 46.7 Å². The minimum absolute atomic E-state index is 0.0303. The quantitative estimate of drug-likeness (QED) is 0.599. The molecule has 0 spiro atoms. The van der Waals surface area contributed by atoms with Gasteiger partial charge in [0.2, 0.25) is 0 Å². The van der Waals surface area contributed by atoms with E-state index in [1.807, 2.05) is 57.6 Å². The van der Waals surface area contributed by atoms with E-state index in [-0.39, 0.29) is 6.04 Å². The summed E-state index contributed by atoms with van der Waals surface area (Å²) in [5.41, 5.74) is 2.90. The van der Waals surface area contributed by atoms with Crippen molar-refractivity contribution in [3.8, 4) is 0 Å². The molecule has 0 saturated heterocycles. The number of nitrogens with zero attached hydrogens (tertiary/aromatic N) is 4. The SMILES string of the molecule is Cc1nn(C)cc1C(C)NC(=S)Nc1ccn(Cc2c(Cl)cccc2Cl)n1. The molecule has 1 unspecified atom stereocenters. The molecule has 6 nitrogen and oxygen atoms in total. The Morgan fingerprint density at radius 1 is 1.22 bits per heavy atom. The van der Waals surface area contributed by atoms with Gasteiger partial charge in [-0.25, -0.2) is 0 Å². The number of hydrogen-bond acceptors (Lipinski definition) is 3. The zero-order valence-corrected chi connectivity index (χ0v) is 17.5. The Hall–Kier alpha value is -2.09. The summed E-state index contributed by atoms with van der Waals surface area (Å²) in [4.78, 5) is 0. The van der Waals surface area contributed by atoms with Crippen LogP contribution in [-0.2, 0) is 13.6 Å². The molecule has 27 heavy (non-hydrogen) atoms. The van der Waals surface area contributed by atoms with E-state index in [9.17, 15) is 0 Å². The Bertz CT molecular complexity index is 944. The number of benzene rings is 1. The molecule has 0 aliphatic heterocycles. The van der Waals surface area contributed by atoms with Gasteiger partial charge in [-0.05, 0) is 38.2 Å². The Labute approximate surface area is 173 Å². The van der Waals surface area contributed by atoms with Crippen molar-refractivity contribution in [2.45, 2.75) is 26.4 Å². The van der Waals surface area contributed by atoms with Crippen LogP contribution in [-0.4, -0.2) is 24.7 Å². The summed E-state index contributed by atoms with van der Waals surface area (Å²) < 4.78 is 3.55. The van der Waals surface area contributed by atoms with E-state index >= 15 is 0 Å². The van der Waals surface area contributed by atoms with E-state index in [1.165, 1.54) is 0 Å². The van der Waals surface area contributed by atoms with Crippen molar-refractivity contribution in [3.05, 3.63) is 63.5 Å². The normalized spacial score (nSPS) is 12.0. The summed E-state index contributed by atoms with van der Waals surface area (Å²) in [6.07, 6.45) is 3.83. The molecule has 1 atom stereocenters. The zero-order valence-electron chi connectivity index (χ0n) is 15.2. The molecule has 142 valence electrons. The summed E-state index contributed by atoms with van der Waals surface area (Å²) in [6.45, 7) is 4.49. The molecule has 3 aromatic rings. The standard InChI is InChI=1S/C18H20Cl2N6S/c1-11(13-9-25(3)23-12(13)2)21-18(27)22-17-7-8-26(24-17)10-14-15(19)5-4-6-16(14)20/h4-9,11H,10H2,1-3H3,(H2,21,22,24,27). The Balaban J connectivity index is 1.62. The molecule has 2 N–H and O–H groups in total. The lowest BCUT2D eigenvalue weighted by atomic mass is 10.1. The minimum Gasteiger partial charge on any atom is -0.356 e. The van der Waals surface area contributed by atoms with Crippen LogP contribution in [0.3, 0.4) is 0 Å². The third-order valence-electron chi connectivity index (χ3n) is 4.13. The number of rotatable bonds is 5. The predicted molar refractivity (Wildman–Crippen MR) is 114 cm³/mol. The molecule has 0 fully saturated rings. The fourth-order valence-electron chi connectivity index (χ4n) is 2.83. The van der Waals surface area contributed by atoms with Gasteiger partial charge in [-0.1, -0.05) is 29.3 Å². The maximum atomic E-state index is 6.22. The summed E-state index contributed by atoms with van der Waals surface area (Å²) in [7, 11) is 1.90. The van der Waals surface area contributed by atoms with Crippen molar-refractivity contribution in [2.75, 3.05) is 5.32 Å². The first-order valence-corrected chi connectivity index (χ1v) is 9.54. The number of aromatic nitrogens is 4. The van der Waals surface area contributed by atoms with E-state index in [0.717, 1.165) is 16.8 Å². The highest BCUT2D eigenvalue weighted by Gasteiger charge is 2.13. The van der Waals surface area contributed by atoms with Gasteiger partial charge in [-0.15, -0.1) is 0 Å².